The van der Waals surface area contributed by atoms with E-state index in [1.165, 1.54) is 4.57 Å². The largest absolute Gasteiger partial charge is 0.394 e. The lowest BCUT2D eigenvalue weighted by Crippen LogP contribution is -2.20. The Balaban J connectivity index is 2.69. The van der Waals surface area contributed by atoms with Crippen LogP contribution in [0.3, 0.4) is 0 Å². The zero-order chi connectivity index (χ0) is 11.0. The predicted molar refractivity (Wildman–Crippen MR) is 58.0 cm³/mol. The molecule has 5 heteroatoms. The highest BCUT2D eigenvalue weighted by Gasteiger charge is 2.07. The molecule has 2 aromatic rings. The molecular weight excluding hydrogens is 192 g/mol. The maximum Gasteiger partial charge on any atom is 0.278 e. The van der Waals surface area contributed by atoms with E-state index in [1.54, 1.807) is 29.2 Å². The maximum absolute atomic E-state index is 11.7. The van der Waals surface area contributed by atoms with Crippen molar-refractivity contribution in [3.8, 4) is 5.69 Å². The van der Waals surface area contributed by atoms with E-state index < -0.39 is 0 Å². The summed E-state index contributed by atoms with van der Waals surface area (Å²) in [5, 5.41) is 4.17. The van der Waals surface area contributed by atoms with Crippen molar-refractivity contribution in [2.75, 3.05) is 5.73 Å². The van der Waals surface area contributed by atoms with Crippen LogP contribution in [0.1, 0.15) is 5.69 Å². The average molecular weight is 204 g/mol. The Morgan fingerprint density at radius 1 is 1.47 bits per heavy atom. The Morgan fingerprint density at radius 3 is 2.80 bits per heavy atom. The van der Waals surface area contributed by atoms with Crippen LogP contribution in [0.5, 0.6) is 0 Å². The topological polar surface area (TPSA) is 65.8 Å². The van der Waals surface area contributed by atoms with Gasteiger partial charge in [0.2, 0.25) is 0 Å². The Kier molecular flexibility index (Phi) is 2.07. The highest BCUT2D eigenvalue weighted by molar-refractivity contribution is 5.41. The summed E-state index contributed by atoms with van der Waals surface area (Å²) in [5.41, 5.74) is 7.13. The molecule has 0 saturated carbocycles. The molecule has 0 unspecified atom stereocenters. The van der Waals surface area contributed by atoms with Crippen LogP contribution in [-0.2, 0) is 7.05 Å². The van der Waals surface area contributed by atoms with Crippen LogP contribution in [-0.4, -0.2) is 14.3 Å². The molecule has 0 aliphatic carbocycles. The van der Waals surface area contributed by atoms with Crippen molar-refractivity contribution in [3.05, 3.63) is 40.6 Å². The summed E-state index contributed by atoms with van der Waals surface area (Å²) in [4.78, 5) is 11.7. The van der Waals surface area contributed by atoms with Gasteiger partial charge in [-0.25, -0.2) is 0 Å². The van der Waals surface area contributed by atoms with Crippen molar-refractivity contribution in [2.45, 2.75) is 6.92 Å². The van der Waals surface area contributed by atoms with E-state index in [4.69, 9.17) is 5.73 Å². The molecule has 0 fully saturated rings. The molecular formula is C10H12N4O. The second-order valence-electron chi connectivity index (χ2n) is 3.41. The minimum absolute atomic E-state index is 0.214. The number of pyridine rings is 1. The molecule has 0 aliphatic heterocycles. The lowest BCUT2D eigenvalue weighted by Gasteiger charge is -2.03. The summed E-state index contributed by atoms with van der Waals surface area (Å²) in [5.74, 6) is 0. The van der Waals surface area contributed by atoms with Crippen molar-refractivity contribution >= 4 is 5.69 Å². The van der Waals surface area contributed by atoms with Gasteiger partial charge >= 0.3 is 0 Å². The second-order valence-corrected chi connectivity index (χ2v) is 3.41. The first-order valence-electron chi connectivity index (χ1n) is 4.57. The van der Waals surface area contributed by atoms with Gasteiger partial charge in [0.15, 0.2) is 0 Å². The molecule has 2 rings (SSSR count). The molecule has 5 nitrogen and oxygen atoms in total. The van der Waals surface area contributed by atoms with Gasteiger partial charge in [0, 0.05) is 19.4 Å². The van der Waals surface area contributed by atoms with Gasteiger partial charge in [-0.05, 0) is 19.1 Å². The quantitative estimate of drug-likeness (QED) is 0.734. The highest BCUT2D eigenvalue weighted by Crippen LogP contribution is 2.09. The van der Waals surface area contributed by atoms with Crippen LogP contribution >= 0.6 is 0 Å². The van der Waals surface area contributed by atoms with Gasteiger partial charge in [-0.1, -0.05) is 0 Å². The lowest BCUT2D eigenvalue weighted by atomic mass is 10.3. The number of nitrogen functional groups attached to an aromatic ring is 1. The fourth-order valence-corrected chi connectivity index (χ4v) is 1.52. The van der Waals surface area contributed by atoms with Crippen LogP contribution in [0.25, 0.3) is 5.69 Å². The first kappa shape index (κ1) is 9.51. The third kappa shape index (κ3) is 1.52. The van der Waals surface area contributed by atoms with E-state index in [2.05, 4.69) is 5.10 Å². The number of anilines is 1. The van der Waals surface area contributed by atoms with Gasteiger partial charge in [-0.2, -0.15) is 5.10 Å². The van der Waals surface area contributed by atoms with Crippen molar-refractivity contribution in [1.29, 1.82) is 0 Å². The lowest BCUT2D eigenvalue weighted by molar-refractivity contribution is 0.756. The molecule has 0 spiro atoms. The first-order chi connectivity index (χ1) is 7.09. The first-order valence-corrected chi connectivity index (χ1v) is 4.57. The smallest absolute Gasteiger partial charge is 0.278 e. The molecule has 0 amide bonds. The van der Waals surface area contributed by atoms with E-state index >= 15 is 0 Å². The Bertz CT molecular complexity index is 553. The molecule has 0 saturated heterocycles. The number of hydrogen-bond acceptors (Lipinski definition) is 3. The number of nitrogens with two attached hydrogens (primary N) is 1. The number of nitrogens with zero attached hydrogens (tertiary/aromatic N) is 3. The summed E-state index contributed by atoms with van der Waals surface area (Å²) in [7, 11) is 1.81. The van der Waals surface area contributed by atoms with E-state index in [9.17, 15) is 4.79 Å². The molecule has 0 aliphatic rings. The van der Waals surface area contributed by atoms with E-state index in [1.807, 2.05) is 14.0 Å². The van der Waals surface area contributed by atoms with Crippen LogP contribution < -0.4 is 11.3 Å². The van der Waals surface area contributed by atoms with E-state index in [0.717, 1.165) is 11.4 Å². The summed E-state index contributed by atoms with van der Waals surface area (Å²) >= 11 is 0. The molecule has 0 atom stereocenters. The molecule has 78 valence electrons. The normalized spacial score (nSPS) is 10.5. The van der Waals surface area contributed by atoms with Gasteiger partial charge in [0.25, 0.3) is 5.56 Å². The third-order valence-electron chi connectivity index (χ3n) is 2.22. The minimum atomic E-state index is -0.214. The number of hydrogen-bond donors (Lipinski definition) is 1. The zero-order valence-corrected chi connectivity index (χ0v) is 8.64. The van der Waals surface area contributed by atoms with E-state index in [-0.39, 0.29) is 11.2 Å². The molecule has 2 N–H and O–H groups in total. The summed E-state index contributed by atoms with van der Waals surface area (Å²) in [6, 6.07) is 3.33. The Hall–Kier alpha value is -2.04. The molecule has 2 heterocycles. The van der Waals surface area contributed by atoms with Gasteiger partial charge in [0.1, 0.15) is 0 Å². The van der Waals surface area contributed by atoms with Crippen LogP contribution in [0, 0.1) is 6.92 Å². The molecule has 0 bridgehead atoms. The maximum atomic E-state index is 11.7. The molecule has 0 aromatic carbocycles. The van der Waals surface area contributed by atoms with Crippen molar-refractivity contribution < 1.29 is 0 Å². The average Bonchev–Trinajstić information content (AvgIpc) is 2.50. The second kappa shape index (κ2) is 3.27. The summed E-state index contributed by atoms with van der Waals surface area (Å²) < 4.78 is 3.16. The van der Waals surface area contributed by atoms with Gasteiger partial charge in [-0.15, -0.1) is 0 Å². The zero-order valence-electron chi connectivity index (χ0n) is 8.64. The van der Waals surface area contributed by atoms with Crippen LogP contribution in [0.15, 0.2) is 29.3 Å². The minimum Gasteiger partial charge on any atom is -0.394 e. The van der Waals surface area contributed by atoms with Crippen molar-refractivity contribution in [3.63, 3.8) is 0 Å². The standard InChI is InChI=1S/C10H12N4O/c1-7-9(6-13(2)12-7)14-5-3-4-8(11)10(14)15/h3-6H,11H2,1-2H3. The van der Waals surface area contributed by atoms with Gasteiger partial charge in [-0.3, -0.25) is 14.0 Å². The predicted octanol–water partition coefficient (Wildman–Crippen LogP) is 0.462. The number of rotatable bonds is 1. The summed E-state index contributed by atoms with van der Waals surface area (Å²) in [6.07, 6.45) is 3.47. The fourth-order valence-electron chi connectivity index (χ4n) is 1.52. The highest BCUT2D eigenvalue weighted by atomic mass is 16.1. The molecule has 15 heavy (non-hydrogen) atoms. The van der Waals surface area contributed by atoms with Gasteiger partial charge < -0.3 is 5.73 Å². The summed E-state index contributed by atoms with van der Waals surface area (Å²) in [6.45, 7) is 1.85. The monoisotopic (exact) mass is 204 g/mol. The number of aromatic nitrogens is 3. The van der Waals surface area contributed by atoms with Crippen LogP contribution in [0.4, 0.5) is 5.69 Å². The fraction of sp³-hybridized carbons (Fsp3) is 0.200. The third-order valence-corrected chi connectivity index (χ3v) is 2.22. The molecule has 2 aromatic heterocycles. The van der Waals surface area contributed by atoms with Crippen molar-refractivity contribution in [1.82, 2.24) is 14.3 Å². The molecule has 0 radical (unpaired) electrons. The Labute approximate surface area is 86.8 Å². The van der Waals surface area contributed by atoms with Crippen LogP contribution in [0.2, 0.25) is 0 Å². The number of aryl methyl sites for hydroxylation is 2. The SMILES string of the molecule is Cc1nn(C)cc1-n1cccc(N)c1=O. The van der Waals surface area contributed by atoms with E-state index in [0.29, 0.717) is 0 Å². The Morgan fingerprint density at radius 2 is 2.20 bits per heavy atom. The van der Waals surface area contributed by atoms with Crippen molar-refractivity contribution in [2.24, 2.45) is 7.05 Å². The van der Waals surface area contributed by atoms with Gasteiger partial charge in [0.05, 0.1) is 17.1 Å².